The van der Waals surface area contributed by atoms with Gasteiger partial charge in [0.05, 0.1) is 13.2 Å². The second kappa shape index (κ2) is 10.4. The first kappa shape index (κ1) is 22.1. The quantitative estimate of drug-likeness (QED) is 0.649. The van der Waals surface area contributed by atoms with E-state index in [0.717, 1.165) is 16.9 Å². The largest absolute Gasteiger partial charge is 0.493 e. The lowest BCUT2D eigenvalue weighted by Gasteiger charge is -2.22. The minimum Gasteiger partial charge on any atom is -0.493 e. The van der Waals surface area contributed by atoms with Crippen LogP contribution in [-0.4, -0.2) is 26.2 Å². The lowest BCUT2D eigenvalue weighted by molar-refractivity contribution is -0.120. The molecule has 0 unspecified atom stereocenters. The summed E-state index contributed by atoms with van der Waals surface area (Å²) >= 11 is 0. The van der Waals surface area contributed by atoms with Crippen molar-refractivity contribution in [2.45, 2.75) is 39.2 Å². The molecule has 0 bridgehead atoms. The summed E-state index contributed by atoms with van der Waals surface area (Å²) in [7, 11) is 1.57. The lowest BCUT2D eigenvalue weighted by Crippen LogP contribution is -2.21. The Labute approximate surface area is 172 Å². The molecule has 0 saturated carbocycles. The lowest BCUT2D eigenvalue weighted by atomic mass is 9.86. The van der Waals surface area contributed by atoms with Crippen LogP contribution in [0.15, 0.2) is 42.5 Å². The third-order valence-electron chi connectivity index (χ3n) is 4.25. The summed E-state index contributed by atoms with van der Waals surface area (Å²) in [6.45, 7) is 7.56. The van der Waals surface area contributed by atoms with Gasteiger partial charge < -0.3 is 19.5 Å². The summed E-state index contributed by atoms with van der Waals surface area (Å²) < 4.78 is 17.1. The number of amides is 1. The highest BCUT2D eigenvalue weighted by atomic mass is 16.5. The maximum absolute atomic E-state index is 11.4. The molecule has 0 atom stereocenters. The summed E-state index contributed by atoms with van der Waals surface area (Å²) in [6.07, 6.45) is -0.156. The molecule has 0 saturated heterocycles. The molecule has 6 nitrogen and oxygen atoms in total. The number of para-hydroxylation sites is 1. The van der Waals surface area contributed by atoms with Crippen molar-refractivity contribution in [3.05, 3.63) is 53.6 Å². The number of ether oxygens (including phenoxy) is 3. The summed E-state index contributed by atoms with van der Waals surface area (Å²) in [5, 5.41) is 11.2. The molecule has 0 aliphatic rings. The van der Waals surface area contributed by atoms with Gasteiger partial charge in [0.25, 0.3) is 0 Å². The minimum absolute atomic E-state index is 0.000834. The molecule has 2 rings (SSSR count). The number of carbonyl (C=O) groups is 1. The molecule has 0 aliphatic carbocycles. The Bertz CT molecular complexity index is 866. The van der Waals surface area contributed by atoms with Gasteiger partial charge in [0.2, 0.25) is 5.91 Å². The van der Waals surface area contributed by atoms with Crippen molar-refractivity contribution in [2.24, 2.45) is 0 Å². The van der Waals surface area contributed by atoms with Crippen molar-refractivity contribution < 1.29 is 19.0 Å². The van der Waals surface area contributed by atoms with Gasteiger partial charge in [-0.15, -0.1) is 0 Å². The molecule has 2 aromatic rings. The topological polar surface area (TPSA) is 80.6 Å². The van der Waals surface area contributed by atoms with E-state index in [2.05, 4.69) is 32.2 Å². The summed E-state index contributed by atoms with van der Waals surface area (Å²) in [4.78, 5) is 11.4. The van der Waals surface area contributed by atoms with E-state index in [1.165, 1.54) is 0 Å². The number of rotatable bonds is 9. The second-order valence-corrected chi connectivity index (χ2v) is 7.54. The zero-order valence-electron chi connectivity index (χ0n) is 17.5. The standard InChI is InChI=1S/C23H28N2O4/c1-23(2,3)18-7-5-6-8-19(18)28-13-14-29-20-10-9-17(15-21(20)27-4)16-25-22(26)11-12-24/h5-10,15H,11,13-14,16H2,1-4H3,(H,25,26). The van der Waals surface area contributed by atoms with Crippen molar-refractivity contribution >= 4 is 5.91 Å². The van der Waals surface area contributed by atoms with Gasteiger partial charge in [0.1, 0.15) is 25.4 Å². The van der Waals surface area contributed by atoms with Gasteiger partial charge in [-0.3, -0.25) is 4.79 Å². The van der Waals surface area contributed by atoms with Crippen molar-refractivity contribution in [1.29, 1.82) is 5.26 Å². The van der Waals surface area contributed by atoms with E-state index >= 15 is 0 Å². The van der Waals surface area contributed by atoms with Crippen LogP contribution >= 0.6 is 0 Å². The Kier molecular flexibility index (Phi) is 7.90. The Morgan fingerprint density at radius 3 is 2.38 bits per heavy atom. The van der Waals surface area contributed by atoms with Crippen LogP contribution in [0.3, 0.4) is 0 Å². The van der Waals surface area contributed by atoms with Gasteiger partial charge in [-0.1, -0.05) is 45.0 Å². The smallest absolute Gasteiger partial charge is 0.234 e. The van der Waals surface area contributed by atoms with Gasteiger partial charge in [0, 0.05) is 6.54 Å². The monoisotopic (exact) mass is 396 g/mol. The average molecular weight is 396 g/mol. The Balaban J connectivity index is 1.91. The molecule has 154 valence electrons. The average Bonchev–Trinajstić information content (AvgIpc) is 2.70. The Morgan fingerprint density at radius 1 is 1.03 bits per heavy atom. The third kappa shape index (κ3) is 6.72. The molecule has 6 heteroatoms. The zero-order chi connectivity index (χ0) is 21.3. The Hall–Kier alpha value is -3.20. The number of carbonyl (C=O) groups excluding carboxylic acids is 1. The van der Waals surface area contributed by atoms with Crippen LogP contribution in [0.4, 0.5) is 0 Å². The molecule has 0 spiro atoms. The van der Waals surface area contributed by atoms with Crippen LogP contribution in [0.1, 0.15) is 38.3 Å². The number of nitriles is 1. The number of nitrogens with one attached hydrogen (secondary N) is 1. The van der Waals surface area contributed by atoms with Gasteiger partial charge in [-0.2, -0.15) is 5.26 Å². The van der Waals surface area contributed by atoms with Crippen molar-refractivity contribution in [3.63, 3.8) is 0 Å². The van der Waals surface area contributed by atoms with Gasteiger partial charge in [0.15, 0.2) is 11.5 Å². The van der Waals surface area contributed by atoms with Gasteiger partial charge in [-0.25, -0.2) is 0 Å². The summed E-state index contributed by atoms with van der Waals surface area (Å²) in [6, 6.07) is 15.3. The first-order valence-electron chi connectivity index (χ1n) is 9.51. The minimum atomic E-state index is -0.306. The van der Waals surface area contributed by atoms with Crippen LogP contribution < -0.4 is 19.5 Å². The number of benzene rings is 2. The van der Waals surface area contributed by atoms with E-state index in [9.17, 15) is 4.79 Å². The maximum Gasteiger partial charge on any atom is 0.234 e. The van der Waals surface area contributed by atoms with Gasteiger partial charge >= 0.3 is 0 Å². The number of hydrogen-bond donors (Lipinski definition) is 1. The summed E-state index contributed by atoms with van der Waals surface area (Å²) in [5.41, 5.74) is 2.01. The third-order valence-corrected chi connectivity index (χ3v) is 4.25. The molecule has 0 radical (unpaired) electrons. The molecule has 0 aromatic heterocycles. The van der Waals surface area contributed by atoms with E-state index in [4.69, 9.17) is 19.5 Å². The van der Waals surface area contributed by atoms with Crippen molar-refractivity contribution in [2.75, 3.05) is 20.3 Å². The highest BCUT2D eigenvalue weighted by Crippen LogP contribution is 2.31. The molecular weight excluding hydrogens is 368 g/mol. The fraction of sp³-hybridized carbons (Fsp3) is 0.391. The number of hydrogen-bond acceptors (Lipinski definition) is 5. The fourth-order valence-corrected chi connectivity index (χ4v) is 2.79. The number of methoxy groups -OCH3 is 1. The molecular formula is C23H28N2O4. The molecule has 1 N–H and O–H groups in total. The van der Waals surface area contributed by atoms with Gasteiger partial charge in [-0.05, 0) is 34.7 Å². The first-order chi connectivity index (χ1) is 13.8. The molecule has 0 fully saturated rings. The van der Waals surface area contributed by atoms with E-state index in [1.807, 2.05) is 30.3 Å². The van der Waals surface area contributed by atoms with Crippen molar-refractivity contribution in [1.82, 2.24) is 5.32 Å². The van der Waals surface area contributed by atoms with Crippen LogP contribution in [-0.2, 0) is 16.8 Å². The predicted molar refractivity (Wildman–Crippen MR) is 111 cm³/mol. The van der Waals surface area contributed by atoms with Crippen LogP contribution in [0, 0.1) is 11.3 Å². The van der Waals surface area contributed by atoms with E-state index in [-0.39, 0.29) is 17.7 Å². The second-order valence-electron chi connectivity index (χ2n) is 7.54. The van der Waals surface area contributed by atoms with Crippen LogP contribution in [0.25, 0.3) is 0 Å². The van der Waals surface area contributed by atoms with E-state index < -0.39 is 0 Å². The fourth-order valence-electron chi connectivity index (χ4n) is 2.79. The Morgan fingerprint density at radius 2 is 1.72 bits per heavy atom. The summed E-state index contributed by atoms with van der Waals surface area (Å²) in [5.74, 6) is 1.73. The van der Waals surface area contributed by atoms with E-state index in [0.29, 0.717) is 31.3 Å². The van der Waals surface area contributed by atoms with Crippen LogP contribution in [0.5, 0.6) is 17.2 Å². The van der Waals surface area contributed by atoms with E-state index in [1.54, 1.807) is 19.2 Å². The number of nitrogens with zero attached hydrogens (tertiary/aromatic N) is 1. The molecule has 0 heterocycles. The first-order valence-corrected chi connectivity index (χ1v) is 9.51. The predicted octanol–water partition coefficient (Wildman–Crippen LogP) is 3.98. The molecule has 2 aromatic carbocycles. The molecule has 1 amide bonds. The normalized spacial score (nSPS) is 10.7. The highest BCUT2D eigenvalue weighted by Gasteiger charge is 2.18. The van der Waals surface area contributed by atoms with Crippen molar-refractivity contribution in [3.8, 4) is 23.3 Å². The maximum atomic E-state index is 11.4. The van der Waals surface area contributed by atoms with Crippen LogP contribution in [0.2, 0.25) is 0 Å². The molecule has 29 heavy (non-hydrogen) atoms. The SMILES string of the molecule is COc1cc(CNC(=O)CC#N)ccc1OCCOc1ccccc1C(C)(C)C. The zero-order valence-corrected chi connectivity index (χ0v) is 17.5. The highest BCUT2D eigenvalue weighted by molar-refractivity contribution is 5.77. The molecule has 0 aliphatic heterocycles.